The highest BCUT2D eigenvalue weighted by Crippen LogP contribution is 2.24. The van der Waals surface area contributed by atoms with Crippen LogP contribution >= 0.6 is 0 Å². The minimum absolute atomic E-state index is 0.0404. The fourth-order valence-corrected chi connectivity index (χ4v) is 2.02. The lowest BCUT2D eigenvalue weighted by Gasteiger charge is -2.02. The van der Waals surface area contributed by atoms with Crippen LogP contribution in [0.25, 0.3) is 6.08 Å². The number of aliphatic imine (C=N–C) groups is 1. The van der Waals surface area contributed by atoms with E-state index in [-0.39, 0.29) is 24.3 Å². The molecule has 112 valence electrons. The van der Waals surface area contributed by atoms with E-state index in [2.05, 4.69) is 4.99 Å². The smallest absolute Gasteiger partial charge is 0.221 e. The molecule has 1 heterocycles. The van der Waals surface area contributed by atoms with E-state index in [0.29, 0.717) is 5.56 Å². The van der Waals surface area contributed by atoms with Crippen LogP contribution in [0.1, 0.15) is 11.1 Å². The third-order valence-corrected chi connectivity index (χ3v) is 3.08. The molecule has 0 aliphatic carbocycles. The van der Waals surface area contributed by atoms with Crippen LogP contribution in [0.3, 0.4) is 0 Å². The molecule has 0 N–H and O–H groups in total. The predicted octanol–water partition coefficient (Wildman–Crippen LogP) is 4.06. The van der Waals surface area contributed by atoms with Crippen LogP contribution in [0, 0.1) is 23.3 Å². The molecular weight excluding hydrogens is 298 g/mol. The molecule has 0 saturated carbocycles. The van der Waals surface area contributed by atoms with Crippen molar-refractivity contribution in [2.45, 2.75) is 0 Å². The van der Waals surface area contributed by atoms with Crippen molar-refractivity contribution < 1.29 is 22.3 Å². The van der Waals surface area contributed by atoms with Crippen LogP contribution in [-0.4, -0.2) is 12.5 Å². The zero-order valence-electron chi connectivity index (χ0n) is 11.1. The normalized spacial score (nSPS) is 15.8. The molecule has 0 saturated heterocycles. The molecule has 2 aromatic carbocycles. The SMILES string of the molecule is Fc1cc(F)c(F)c(/C=C2/COC(c3ccccc3)=N2)c1F. The molecule has 0 amide bonds. The fraction of sp³-hybridized carbons (Fsp3) is 0.0625. The second-order valence-electron chi connectivity index (χ2n) is 4.59. The summed E-state index contributed by atoms with van der Waals surface area (Å²) in [7, 11) is 0. The number of ether oxygens (including phenoxy) is 1. The van der Waals surface area contributed by atoms with E-state index in [0.717, 1.165) is 6.08 Å². The van der Waals surface area contributed by atoms with Crippen molar-refractivity contribution in [1.82, 2.24) is 0 Å². The molecule has 0 spiro atoms. The van der Waals surface area contributed by atoms with E-state index in [1.807, 2.05) is 6.07 Å². The van der Waals surface area contributed by atoms with Gasteiger partial charge in [-0.15, -0.1) is 0 Å². The van der Waals surface area contributed by atoms with Gasteiger partial charge in [-0.3, -0.25) is 0 Å². The van der Waals surface area contributed by atoms with Gasteiger partial charge in [0, 0.05) is 11.6 Å². The van der Waals surface area contributed by atoms with Crippen LogP contribution in [0.5, 0.6) is 0 Å². The highest BCUT2D eigenvalue weighted by atomic mass is 19.2. The van der Waals surface area contributed by atoms with E-state index in [9.17, 15) is 17.6 Å². The van der Waals surface area contributed by atoms with E-state index in [1.165, 1.54) is 0 Å². The average molecular weight is 307 g/mol. The molecule has 1 aliphatic heterocycles. The van der Waals surface area contributed by atoms with E-state index < -0.39 is 28.8 Å². The molecule has 0 radical (unpaired) electrons. The molecule has 2 nitrogen and oxygen atoms in total. The molecule has 0 unspecified atom stereocenters. The molecule has 0 aromatic heterocycles. The molecule has 3 rings (SSSR count). The summed E-state index contributed by atoms with van der Waals surface area (Å²) in [5, 5.41) is 0. The summed E-state index contributed by atoms with van der Waals surface area (Å²) in [5.74, 6) is -5.57. The highest BCUT2D eigenvalue weighted by Gasteiger charge is 2.20. The van der Waals surface area contributed by atoms with E-state index in [1.54, 1.807) is 24.3 Å². The lowest BCUT2D eigenvalue weighted by atomic mass is 10.1. The second kappa shape index (κ2) is 5.63. The van der Waals surface area contributed by atoms with Crippen molar-refractivity contribution in [3.63, 3.8) is 0 Å². The van der Waals surface area contributed by atoms with Crippen LogP contribution in [-0.2, 0) is 4.74 Å². The molecule has 6 heteroatoms. The van der Waals surface area contributed by atoms with Gasteiger partial charge in [-0.1, -0.05) is 18.2 Å². The Hall–Kier alpha value is -2.63. The Labute approximate surface area is 123 Å². The third-order valence-electron chi connectivity index (χ3n) is 3.08. The number of rotatable bonds is 2. The summed E-state index contributed by atoms with van der Waals surface area (Å²) in [4.78, 5) is 4.07. The monoisotopic (exact) mass is 307 g/mol. The van der Waals surface area contributed by atoms with Gasteiger partial charge >= 0.3 is 0 Å². The summed E-state index contributed by atoms with van der Waals surface area (Å²) in [6, 6.07) is 9.05. The summed E-state index contributed by atoms with van der Waals surface area (Å²) >= 11 is 0. The topological polar surface area (TPSA) is 21.6 Å². The predicted molar refractivity (Wildman–Crippen MR) is 73.2 cm³/mol. The first-order valence-electron chi connectivity index (χ1n) is 6.36. The Morgan fingerprint density at radius 3 is 2.23 bits per heavy atom. The first kappa shape index (κ1) is 14.3. The largest absolute Gasteiger partial charge is 0.471 e. The van der Waals surface area contributed by atoms with Gasteiger partial charge in [0.15, 0.2) is 23.3 Å². The zero-order chi connectivity index (χ0) is 15.7. The van der Waals surface area contributed by atoms with Gasteiger partial charge in [0.1, 0.15) is 6.61 Å². The minimum Gasteiger partial charge on any atom is -0.471 e. The molecule has 0 atom stereocenters. The van der Waals surface area contributed by atoms with Crippen molar-refractivity contribution in [2.75, 3.05) is 6.61 Å². The van der Waals surface area contributed by atoms with Crippen molar-refractivity contribution in [3.05, 3.63) is 76.5 Å². The van der Waals surface area contributed by atoms with Gasteiger partial charge in [0.2, 0.25) is 5.90 Å². The summed E-state index contributed by atoms with van der Waals surface area (Å²) in [6.07, 6.45) is 0.937. The van der Waals surface area contributed by atoms with E-state index in [4.69, 9.17) is 4.74 Å². The first-order valence-corrected chi connectivity index (χ1v) is 6.36. The van der Waals surface area contributed by atoms with Crippen molar-refractivity contribution >= 4 is 12.0 Å². The van der Waals surface area contributed by atoms with Gasteiger partial charge in [0.05, 0.1) is 11.3 Å². The van der Waals surface area contributed by atoms with Crippen LogP contribution in [0.15, 0.2) is 47.1 Å². The maximum Gasteiger partial charge on any atom is 0.221 e. The molecular formula is C16H9F4NO. The maximum absolute atomic E-state index is 13.6. The number of halogens is 4. The molecule has 0 fully saturated rings. The van der Waals surface area contributed by atoms with Gasteiger partial charge in [-0.05, 0) is 18.2 Å². The lowest BCUT2D eigenvalue weighted by Crippen LogP contribution is -2.00. The standard InChI is InChI=1S/C16H9F4NO/c17-12-7-13(18)15(20)11(14(12)19)6-10-8-22-16(21-10)9-4-2-1-3-5-9/h1-7H,8H2/b10-6-. The summed E-state index contributed by atoms with van der Waals surface area (Å²) < 4.78 is 58.8. The number of hydrogen-bond donors (Lipinski definition) is 0. The number of benzene rings is 2. The van der Waals surface area contributed by atoms with Crippen molar-refractivity contribution in [1.29, 1.82) is 0 Å². The fourth-order valence-electron chi connectivity index (χ4n) is 2.02. The third kappa shape index (κ3) is 2.59. The van der Waals surface area contributed by atoms with Crippen LogP contribution in [0.2, 0.25) is 0 Å². The Morgan fingerprint density at radius 1 is 0.955 bits per heavy atom. The van der Waals surface area contributed by atoms with Crippen LogP contribution < -0.4 is 0 Å². The van der Waals surface area contributed by atoms with E-state index >= 15 is 0 Å². The summed E-state index contributed by atoms with van der Waals surface area (Å²) in [6.45, 7) is -0.0404. The molecule has 1 aliphatic rings. The lowest BCUT2D eigenvalue weighted by molar-refractivity contribution is 0.365. The maximum atomic E-state index is 13.6. The van der Waals surface area contributed by atoms with Crippen molar-refractivity contribution in [2.24, 2.45) is 4.99 Å². The molecule has 22 heavy (non-hydrogen) atoms. The van der Waals surface area contributed by atoms with Gasteiger partial charge in [0.25, 0.3) is 0 Å². The average Bonchev–Trinajstić information content (AvgIpc) is 2.99. The Kier molecular flexibility index (Phi) is 3.66. The van der Waals surface area contributed by atoms with Gasteiger partial charge < -0.3 is 4.74 Å². The minimum atomic E-state index is -1.46. The second-order valence-corrected chi connectivity index (χ2v) is 4.59. The number of nitrogens with zero attached hydrogens (tertiary/aromatic N) is 1. The number of hydrogen-bond acceptors (Lipinski definition) is 2. The summed E-state index contributed by atoms with van der Waals surface area (Å²) in [5.41, 5.74) is 0.0491. The Balaban J connectivity index is 2.00. The Morgan fingerprint density at radius 2 is 1.59 bits per heavy atom. The highest BCUT2D eigenvalue weighted by molar-refractivity contribution is 5.96. The van der Waals surface area contributed by atoms with Crippen LogP contribution in [0.4, 0.5) is 17.6 Å². The quantitative estimate of drug-likeness (QED) is 0.605. The zero-order valence-corrected chi connectivity index (χ0v) is 11.1. The molecule has 0 bridgehead atoms. The Bertz CT molecular complexity index is 758. The first-order chi connectivity index (χ1) is 10.6. The van der Waals surface area contributed by atoms with Gasteiger partial charge in [-0.2, -0.15) is 0 Å². The van der Waals surface area contributed by atoms with Crippen molar-refractivity contribution in [3.8, 4) is 0 Å². The van der Waals surface area contributed by atoms with Gasteiger partial charge in [-0.25, -0.2) is 22.6 Å². The molecule has 2 aromatic rings.